The highest BCUT2D eigenvalue weighted by Gasteiger charge is 2.30. The number of nitrogens with one attached hydrogen (secondary N) is 1. The van der Waals surface area contributed by atoms with Crippen molar-refractivity contribution in [3.8, 4) is 0 Å². The van der Waals surface area contributed by atoms with Crippen LogP contribution in [-0.4, -0.2) is 23.1 Å². The third kappa shape index (κ3) is 4.52. The Kier molecular flexibility index (Phi) is 7.33. The van der Waals surface area contributed by atoms with Crippen molar-refractivity contribution in [3.05, 3.63) is 15.1 Å². The van der Waals surface area contributed by atoms with E-state index in [-0.39, 0.29) is 0 Å². The van der Waals surface area contributed by atoms with Gasteiger partial charge in [0.15, 0.2) is 5.82 Å². The molecule has 0 saturated heterocycles. The molecule has 0 spiro atoms. The van der Waals surface area contributed by atoms with E-state index in [0.29, 0.717) is 12.5 Å². The Morgan fingerprint density at radius 3 is 2.38 bits per heavy atom. The van der Waals surface area contributed by atoms with Gasteiger partial charge in [-0.2, -0.15) is 0 Å². The van der Waals surface area contributed by atoms with Gasteiger partial charge in [0.25, 0.3) is 0 Å². The fraction of sp³-hybridized carbons (Fsp3) is 0.750. The van der Waals surface area contributed by atoms with Crippen LogP contribution in [0, 0.1) is 3.57 Å². The van der Waals surface area contributed by atoms with Gasteiger partial charge in [-0.05, 0) is 55.2 Å². The van der Waals surface area contributed by atoms with Gasteiger partial charge in [0.05, 0.1) is 9.26 Å². The molecule has 0 bridgehead atoms. The number of hydrogen-bond donors (Lipinski definition) is 1. The number of nitrogens with zero attached hydrogens (tertiary/aromatic N) is 2. The fourth-order valence-corrected chi connectivity index (χ4v) is 3.14. The van der Waals surface area contributed by atoms with Crippen molar-refractivity contribution < 1.29 is 4.74 Å². The van der Waals surface area contributed by atoms with Gasteiger partial charge >= 0.3 is 0 Å². The molecule has 1 unspecified atom stereocenters. The standard InChI is InChI=1S/C16H28IN3O/c1-7-10-18-14-12(17)13(11(4)5)19-15(20-14)16(6,8-2)21-9-3/h11H,7-10H2,1-6H3,(H,18,19,20). The summed E-state index contributed by atoms with van der Waals surface area (Å²) in [5, 5.41) is 3.42. The van der Waals surface area contributed by atoms with Crippen molar-refractivity contribution in [3.63, 3.8) is 0 Å². The van der Waals surface area contributed by atoms with Crippen molar-refractivity contribution >= 4 is 28.4 Å². The average Bonchev–Trinajstić information content (AvgIpc) is 2.45. The molecule has 4 nitrogen and oxygen atoms in total. The summed E-state index contributed by atoms with van der Waals surface area (Å²) in [6.45, 7) is 14.3. The molecule has 0 radical (unpaired) electrons. The molecule has 0 saturated carbocycles. The van der Waals surface area contributed by atoms with Crippen molar-refractivity contribution in [2.45, 2.75) is 65.9 Å². The first kappa shape index (κ1) is 18.6. The second-order valence-corrected chi connectivity index (χ2v) is 6.77. The molecular formula is C16H28IN3O. The average molecular weight is 405 g/mol. The Morgan fingerprint density at radius 1 is 1.24 bits per heavy atom. The van der Waals surface area contributed by atoms with E-state index in [2.05, 4.69) is 62.5 Å². The molecule has 1 aromatic rings. The van der Waals surface area contributed by atoms with Crippen molar-refractivity contribution in [1.29, 1.82) is 0 Å². The zero-order valence-corrected chi connectivity index (χ0v) is 16.2. The first-order chi connectivity index (χ1) is 9.89. The van der Waals surface area contributed by atoms with Crippen LogP contribution in [0.2, 0.25) is 0 Å². The van der Waals surface area contributed by atoms with E-state index in [0.717, 1.165) is 40.3 Å². The summed E-state index contributed by atoms with van der Waals surface area (Å²) in [5.41, 5.74) is 0.671. The highest BCUT2D eigenvalue weighted by molar-refractivity contribution is 14.1. The summed E-state index contributed by atoms with van der Waals surface area (Å²) in [7, 11) is 0. The molecule has 1 atom stereocenters. The van der Waals surface area contributed by atoms with Gasteiger partial charge in [0.1, 0.15) is 11.4 Å². The Hall–Kier alpha value is -0.430. The molecule has 0 aliphatic rings. The molecule has 5 heteroatoms. The van der Waals surface area contributed by atoms with E-state index in [1.807, 2.05) is 6.92 Å². The molecule has 0 aliphatic heterocycles. The maximum absolute atomic E-state index is 5.94. The minimum atomic E-state index is -0.425. The minimum Gasteiger partial charge on any atom is -0.369 e. The Balaban J connectivity index is 3.34. The van der Waals surface area contributed by atoms with Gasteiger partial charge in [0.2, 0.25) is 0 Å². The van der Waals surface area contributed by atoms with Gasteiger partial charge < -0.3 is 10.1 Å². The maximum Gasteiger partial charge on any atom is 0.162 e. The predicted octanol–water partition coefficient (Wildman–Crippen LogP) is 4.69. The summed E-state index contributed by atoms with van der Waals surface area (Å²) in [5.74, 6) is 2.09. The number of halogens is 1. The van der Waals surface area contributed by atoms with Crippen LogP contribution in [0.15, 0.2) is 0 Å². The van der Waals surface area contributed by atoms with E-state index in [4.69, 9.17) is 14.7 Å². The molecule has 1 heterocycles. The van der Waals surface area contributed by atoms with E-state index >= 15 is 0 Å². The van der Waals surface area contributed by atoms with Crippen LogP contribution in [-0.2, 0) is 10.3 Å². The van der Waals surface area contributed by atoms with Crippen molar-refractivity contribution in [1.82, 2.24) is 9.97 Å². The Bertz CT molecular complexity index is 465. The predicted molar refractivity (Wildman–Crippen MR) is 96.9 cm³/mol. The highest BCUT2D eigenvalue weighted by Crippen LogP contribution is 2.32. The van der Waals surface area contributed by atoms with Gasteiger partial charge in [0, 0.05) is 13.2 Å². The number of anilines is 1. The summed E-state index contributed by atoms with van der Waals surface area (Å²) in [6.07, 6.45) is 1.93. The van der Waals surface area contributed by atoms with E-state index in [1.165, 1.54) is 0 Å². The van der Waals surface area contributed by atoms with Gasteiger partial charge in [-0.25, -0.2) is 9.97 Å². The van der Waals surface area contributed by atoms with Gasteiger partial charge in [-0.3, -0.25) is 0 Å². The normalized spacial score (nSPS) is 14.3. The third-order valence-corrected chi connectivity index (χ3v) is 4.64. The summed E-state index contributed by atoms with van der Waals surface area (Å²) >= 11 is 2.35. The highest BCUT2D eigenvalue weighted by atomic mass is 127. The molecule has 0 fully saturated rings. The summed E-state index contributed by atoms with van der Waals surface area (Å²) < 4.78 is 7.06. The molecule has 1 N–H and O–H groups in total. The summed E-state index contributed by atoms with van der Waals surface area (Å²) in [4.78, 5) is 9.58. The maximum atomic E-state index is 5.94. The van der Waals surface area contributed by atoms with Crippen molar-refractivity contribution in [2.24, 2.45) is 0 Å². The first-order valence-electron chi connectivity index (χ1n) is 7.85. The quantitative estimate of drug-likeness (QED) is 0.638. The number of aromatic nitrogens is 2. The topological polar surface area (TPSA) is 47.0 Å². The monoisotopic (exact) mass is 405 g/mol. The lowest BCUT2D eigenvalue weighted by Gasteiger charge is -2.28. The van der Waals surface area contributed by atoms with Crippen LogP contribution < -0.4 is 5.32 Å². The molecule has 21 heavy (non-hydrogen) atoms. The third-order valence-electron chi connectivity index (χ3n) is 3.58. The fourth-order valence-electron chi connectivity index (χ4n) is 2.09. The lowest BCUT2D eigenvalue weighted by Crippen LogP contribution is -2.29. The Morgan fingerprint density at radius 2 is 1.90 bits per heavy atom. The Labute approximate surface area is 142 Å². The smallest absolute Gasteiger partial charge is 0.162 e. The number of rotatable bonds is 8. The molecular weight excluding hydrogens is 377 g/mol. The molecule has 1 rings (SSSR count). The van der Waals surface area contributed by atoms with Crippen LogP contribution >= 0.6 is 22.6 Å². The van der Waals surface area contributed by atoms with E-state index in [1.54, 1.807) is 0 Å². The van der Waals surface area contributed by atoms with Crippen LogP contribution in [0.1, 0.15) is 71.8 Å². The largest absolute Gasteiger partial charge is 0.369 e. The minimum absolute atomic E-state index is 0.364. The zero-order valence-electron chi connectivity index (χ0n) is 14.1. The van der Waals surface area contributed by atoms with Crippen LogP contribution in [0.4, 0.5) is 5.82 Å². The van der Waals surface area contributed by atoms with Crippen LogP contribution in [0.25, 0.3) is 0 Å². The van der Waals surface area contributed by atoms with Crippen molar-refractivity contribution in [2.75, 3.05) is 18.5 Å². The van der Waals surface area contributed by atoms with E-state index in [9.17, 15) is 0 Å². The SMILES string of the molecule is CCCNc1nc(C(C)(CC)OCC)nc(C(C)C)c1I. The van der Waals surface area contributed by atoms with Crippen LogP contribution in [0.5, 0.6) is 0 Å². The molecule has 120 valence electrons. The molecule has 0 aromatic carbocycles. The lowest BCUT2D eigenvalue weighted by atomic mass is 10.0. The lowest BCUT2D eigenvalue weighted by molar-refractivity contribution is -0.0391. The number of hydrogen-bond acceptors (Lipinski definition) is 4. The van der Waals surface area contributed by atoms with E-state index < -0.39 is 5.60 Å². The van der Waals surface area contributed by atoms with Gasteiger partial charge in [-0.15, -0.1) is 0 Å². The number of ether oxygens (including phenoxy) is 1. The molecule has 1 aromatic heterocycles. The van der Waals surface area contributed by atoms with Crippen LogP contribution in [0.3, 0.4) is 0 Å². The first-order valence-corrected chi connectivity index (χ1v) is 8.93. The second-order valence-electron chi connectivity index (χ2n) is 5.69. The second kappa shape index (κ2) is 8.27. The summed E-state index contributed by atoms with van der Waals surface area (Å²) in [6, 6.07) is 0. The molecule has 0 aliphatic carbocycles. The zero-order chi connectivity index (χ0) is 16.0. The molecule has 0 amide bonds. The van der Waals surface area contributed by atoms with Gasteiger partial charge in [-0.1, -0.05) is 27.7 Å².